The highest BCUT2D eigenvalue weighted by molar-refractivity contribution is 6.29. The standard InChI is InChI=1S/C14H8ClNO2/c15-13-7-3-6-11(16-13)12-8-9-4-1-2-5-10(9)14(17)18-12/h1-8H. The first-order chi connectivity index (χ1) is 8.74. The van der Waals surface area contributed by atoms with Gasteiger partial charge < -0.3 is 4.42 Å². The van der Waals surface area contributed by atoms with Crippen molar-refractivity contribution >= 4 is 22.4 Å². The summed E-state index contributed by atoms with van der Waals surface area (Å²) in [6.45, 7) is 0. The van der Waals surface area contributed by atoms with Gasteiger partial charge >= 0.3 is 5.63 Å². The van der Waals surface area contributed by atoms with Crippen LogP contribution >= 0.6 is 11.6 Å². The molecule has 0 radical (unpaired) electrons. The van der Waals surface area contributed by atoms with Crippen molar-refractivity contribution in [2.24, 2.45) is 0 Å². The summed E-state index contributed by atoms with van der Waals surface area (Å²) in [5.41, 5.74) is 0.176. The molecule has 0 N–H and O–H groups in total. The van der Waals surface area contributed by atoms with Crippen LogP contribution in [-0.4, -0.2) is 4.98 Å². The predicted octanol–water partition coefficient (Wildman–Crippen LogP) is 3.51. The summed E-state index contributed by atoms with van der Waals surface area (Å²) in [4.78, 5) is 16.0. The maximum atomic E-state index is 11.8. The fourth-order valence-corrected chi connectivity index (χ4v) is 1.97. The van der Waals surface area contributed by atoms with E-state index in [1.54, 1.807) is 36.4 Å². The lowest BCUT2D eigenvalue weighted by Gasteiger charge is -2.01. The van der Waals surface area contributed by atoms with Crippen LogP contribution in [0.15, 0.2) is 57.7 Å². The van der Waals surface area contributed by atoms with Crippen molar-refractivity contribution in [2.75, 3.05) is 0 Å². The summed E-state index contributed by atoms with van der Waals surface area (Å²) in [6.07, 6.45) is 0. The summed E-state index contributed by atoms with van der Waals surface area (Å²) in [7, 11) is 0. The quantitative estimate of drug-likeness (QED) is 0.627. The first kappa shape index (κ1) is 11.0. The zero-order chi connectivity index (χ0) is 12.5. The Labute approximate surface area is 108 Å². The smallest absolute Gasteiger partial charge is 0.344 e. The van der Waals surface area contributed by atoms with Crippen molar-refractivity contribution in [3.05, 3.63) is 64.1 Å². The molecule has 2 aromatic heterocycles. The van der Waals surface area contributed by atoms with Crippen LogP contribution < -0.4 is 5.63 Å². The second-order valence-corrected chi connectivity index (χ2v) is 4.22. The molecular weight excluding hydrogens is 250 g/mol. The molecular formula is C14H8ClNO2. The normalized spacial score (nSPS) is 10.7. The van der Waals surface area contributed by atoms with Crippen LogP contribution in [0.25, 0.3) is 22.2 Å². The van der Waals surface area contributed by atoms with Crippen molar-refractivity contribution in [3.63, 3.8) is 0 Å². The van der Waals surface area contributed by atoms with Gasteiger partial charge in [-0.1, -0.05) is 35.9 Å². The van der Waals surface area contributed by atoms with E-state index in [1.807, 2.05) is 12.1 Å². The first-order valence-electron chi connectivity index (χ1n) is 5.40. The zero-order valence-electron chi connectivity index (χ0n) is 9.26. The number of fused-ring (bicyclic) bond motifs is 1. The molecule has 88 valence electrons. The number of halogens is 1. The summed E-state index contributed by atoms with van der Waals surface area (Å²) in [5, 5.41) is 1.75. The average Bonchev–Trinajstić information content (AvgIpc) is 2.39. The largest absolute Gasteiger partial charge is 0.421 e. The molecule has 0 spiro atoms. The van der Waals surface area contributed by atoms with Gasteiger partial charge in [-0.05, 0) is 29.7 Å². The molecule has 0 fully saturated rings. The third-order valence-corrected chi connectivity index (χ3v) is 2.85. The molecule has 0 aliphatic carbocycles. The Morgan fingerprint density at radius 2 is 1.89 bits per heavy atom. The highest BCUT2D eigenvalue weighted by atomic mass is 35.5. The maximum absolute atomic E-state index is 11.8. The van der Waals surface area contributed by atoms with E-state index in [1.165, 1.54) is 0 Å². The highest BCUT2D eigenvalue weighted by Gasteiger charge is 2.07. The van der Waals surface area contributed by atoms with Gasteiger partial charge in [0.1, 0.15) is 10.8 Å². The van der Waals surface area contributed by atoms with E-state index >= 15 is 0 Å². The zero-order valence-corrected chi connectivity index (χ0v) is 10.0. The van der Waals surface area contributed by atoms with Crippen molar-refractivity contribution < 1.29 is 4.42 Å². The summed E-state index contributed by atoms with van der Waals surface area (Å²) in [6, 6.07) is 14.2. The number of hydrogen-bond donors (Lipinski definition) is 0. The molecule has 0 saturated carbocycles. The second kappa shape index (κ2) is 4.27. The van der Waals surface area contributed by atoms with Crippen LogP contribution in [0.1, 0.15) is 0 Å². The molecule has 3 rings (SSSR count). The molecule has 0 amide bonds. The van der Waals surface area contributed by atoms with Crippen molar-refractivity contribution in [1.82, 2.24) is 4.98 Å². The predicted molar refractivity (Wildman–Crippen MR) is 70.7 cm³/mol. The summed E-state index contributed by atoms with van der Waals surface area (Å²) in [5.74, 6) is 0.418. The SMILES string of the molecule is O=c1oc(-c2cccc(Cl)n2)cc2ccccc12. The molecule has 0 unspecified atom stereocenters. The number of aromatic nitrogens is 1. The fourth-order valence-electron chi connectivity index (χ4n) is 1.81. The molecule has 0 bridgehead atoms. The van der Waals surface area contributed by atoms with Gasteiger partial charge in [0.05, 0.1) is 5.39 Å². The van der Waals surface area contributed by atoms with Crippen LogP contribution in [0.4, 0.5) is 0 Å². The Hall–Kier alpha value is -2.13. The van der Waals surface area contributed by atoms with Crippen LogP contribution in [0, 0.1) is 0 Å². The lowest BCUT2D eigenvalue weighted by Crippen LogP contribution is -2.00. The maximum Gasteiger partial charge on any atom is 0.344 e. The molecule has 0 aliphatic heterocycles. The minimum Gasteiger partial charge on any atom is -0.421 e. The van der Waals surface area contributed by atoms with Crippen LogP contribution in [0.5, 0.6) is 0 Å². The topological polar surface area (TPSA) is 43.1 Å². The number of pyridine rings is 1. The van der Waals surface area contributed by atoms with Gasteiger partial charge in [-0.3, -0.25) is 0 Å². The summed E-state index contributed by atoms with van der Waals surface area (Å²) >= 11 is 5.82. The molecule has 4 heteroatoms. The van der Waals surface area contributed by atoms with Gasteiger partial charge in [0.2, 0.25) is 0 Å². The van der Waals surface area contributed by atoms with Crippen LogP contribution in [-0.2, 0) is 0 Å². The Kier molecular flexibility index (Phi) is 2.61. The van der Waals surface area contributed by atoms with E-state index in [9.17, 15) is 4.79 Å². The number of hydrogen-bond acceptors (Lipinski definition) is 3. The molecule has 0 atom stereocenters. The average molecular weight is 258 g/mol. The van der Waals surface area contributed by atoms with Crippen molar-refractivity contribution in [1.29, 1.82) is 0 Å². The summed E-state index contributed by atoms with van der Waals surface area (Å²) < 4.78 is 5.25. The lowest BCUT2D eigenvalue weighted by atomic mass is 10.1. The molecule has 2 heterocycles. The molecule has 3 nitrogen and oxygen atoms in total. The third-order valence-electron chi connectivity index (χ3n) is 2.64. The number of nitrogens with zero attached hydrogens (tertiary/aromatic N) is 1. The molecule has 3 aromatic rings. The van der Waals surface area contributed by atoms with Gasteiger partial charge in [0.15, 0.2) is 5.76 Å². The van der Waals surface area contributed by atoms with Crippen LogP contribution in [0.2, 0.25) is 5.15 Å². The molecule has 0 aliphatic rings. The number of benzene rings is 1. The lowest BCUT2D eigenvalue weighted by molar-refractivity contribution is 0.532. The van der Waals surface area contributed by atoms with Gasteiger partial charge in [0.25, 0.3) is 0 Å². The Bertz CT molecular complexity index is 780. The van der Waals surface area contributed by atoms with E-state index in [2.05, 4.69) is 4.98 Å². The van der Waals surface area contributed by atoms with E-state index in [4.69, 9.17) is 16.0 Å². The number of rotatable bonds is 1. The Morgan fingerprint density at radius 3 is 2.72 bits per heavy atom. The minimum absolute atomic E-state index is 0.364. The molecule has 18 heavy (non-hydrogen) atoms. The van der Waals surface area contributed by atoms with Gasteiger partial charge in [0, 0.05) is 0 Å². The van der Waals surface area contributed by atoms with E-state index in [-0.39, 0.29) is 5.63 Å². The van der Waals surface area contributed by atoms with E-state index in [0.717, 1.165) is 5.39 Å². The Morgan fingerprint density at radius 1 is 1.06 bits per heavy atom. The minimum atomic E-state index is -0.370. The van der Waals surface area contributed by atoms with Gasteiger partial charge in [-0.15, -0.1) is 0 Å². The fraction of sp³-hybridized carbons (Fsp3) is 0. The van der Waals surface area contributed by atoms with Crippen LogP contribution in [0.3, 0.4) is 0 Å². The monoisotopic (exact) mass is 257 g/mol. The Balaban J connectivity index is 2.28. The molecule has 0 saturated heterocycles. The highest BCUT2D eigenvalue weighted by Crippen LogP contribution is 2.21. The van der Waals surface area contributed by atoms with Gasteiger partial charge in [-0.25, -0.2) is 9.78 Å². The van der Waals surface area contributed by atoms with Gasteiger partial charge in [-0.2, -0.15) is 0 Å². The second-order valence-electron chi connectivity index (χ2n) is 3.83. The molecule has 1 aromatic carbocycles. The van der Waals surface area contributed by atoms with Crippen molar-refractivity contribution in [2.45, 2.75) is 0 Å². The van der Waals surface area contributed by atoms with E-state index < -0.39 is 0 Å². The first-order valence-corrected chi connectivity index (χ1v) is 5.78. The third kappa shape index (κ3) is 1.89. The van der Waals surface area contributed by atoms with E-state index in [0.29, 0.717) is 22.0 Å². The van der Waals surface area contributed by atoms with Crippen molar-refractivity contribution in [3.8, 4) is 11.5 Å².